The second-order valence-corrected chi connectivity index (χ2v) is 12.0. The van der Waals surface area contributed by atoms with Gasteiger partial charge in [0, 0.05) is 23.9 Å². The topological polar surface area (TPSA) is 136 Å². The summed E-state index contributed by atoms with van der Waals surface area (Å²) in [5, 5.41) is 27.9. The monoisotopic (exact) mass is 549 g/mol. The molecule has 1 aliphatic carbocycles. The SMILES string of the molecule is O=S(=O)(NCC1CCC(CNc2nc(NC(CO)CO)c3ccccc3n2)CC1)c1cccc2ccccc12. The number of nitrogens with zero attached hydrogens (tertiary/aromatic N) is 2. The summed E-state index contributed by atoms with van der Waals surface area (Å²) in [5.74, 6) is 1.80. The molecule has 1 saturated carbocycles. The van der Waals surface area contributed by atoms with Gasteiger partial charge in [-0.3, -0.25) is 0 Å². The highest BCUT2D eigenvalue weighted by Gasteiger charge is 2.24. The Hall–Kier alpha value is -3.31. The summed E-state index contributed by atoms with van der Waals surface area (Å²) in [6, 6.07) is 20.0. The smallest absolute Gasteiger partial charge is 0.241 e. The van der Waals surface area contributed by atoms with Gasteiger partial charge in [-0.25, -0.2) is 18.1 Å². The molecular formula is C29H35N5O4S. The quantitative estimate of drug-likeness (QED) is 0.191. The molecule has 9 nitrogen and oxygen atoms in total. The summed E-state index contributed by atoms with van der Waals surface area (Å²) in [4.78, 5) is 9.57. The molecule has 1 fully saturated rings. The van der Waals surface area contributed by atoms with Gasteiger partial charge in [0.2, 0.25) is 16.0 Å². The van der Waals surface area contributed by atoms with Crippen molar-refractivity contribution in [1.29, 1.82) is 0 Å². The highest BCUT2D eigenvalue weighted by atomic mass is 32.2. The summed E-state index contributed by atoms with van der Waals surface area (Å²) in [6.45, 7) is 0.735. The number of hydrogen-bond acceptors (Lipinski definition) is 8. The summed E-state index contributed by atoms with van der Waals surface area (Å²) in [7, 11) is -3.60. The Morgan fingerprint density at radius 2 is 1.44 bits per heavy atom. The Labute approximate surface area is 228 Å². The number of aliphatic hydroxyl groups is 2. The molecule has 0 bridgehead atoms. The minimum Gasteiger partial charge on any atom is -0.394 e. The first-order valence-electron chi connectivity index (χ1n) is 13.4. The molecule has 3 aromatic carbocycles. The van der Waals surface area contributed by atoms with Crippen LogP contribution in [0.4, 0.5) is 11.8 Å². The standard InChI is InChI=1S/C29H35N5O4S/c35-18-23(19-36)32-28-25-9-3-4-10-26(25)33-29(34-28)30-16-20-12-14-21(15-13-20)17-31-39(37,38)27-11-5-7-22-6-1-2-8-24(22)27/h1-11,20-21,23,31,35-36H,12-19H2,(H2,30,32,33,34). The summed E-state index contributed by atoms with van der Waals surface area (Å²) in [6.07, 6.45) is 3.88. The second-order valence-electron chi connectivity index (χ2n) is 10.2. The van der Waals surface area contributed by atoms with Crippen LogP contribution < -0.4 is 15.4 Å². The van der Waals surface area contributed by atoms with Crippen LogP contribution in [0.2, 0.25) is 0 Å². The van der Waals surface area contributed by atoms with Crippen LogP contribution in [-0.4, -0.2) is 60.9 Å². The van der Waals surface area contributed by atoms with Crippen molar-refractivity contribution in [2.24, 2.45) is 11.8 Å². The van der Waals surface area contributed by atoms with Crippen molar-refractivity contribution in [3.63, 3.8) is 0 Å². The van der Waals surface area contributed by atoms with Crippen LogP contribution in [-0.2, 0) is 10.0 Å². The Bertz CT molecular complexity index is 1510. The maximum atomic E-state index is 13.1. The predicted molar refractivity (Wildman–Crippen MR) is 154 cm³/mol. The lowest BCUT2D eigenvalue weighted by Gasteiger charge is -2.29. The molecule has 10 heteroatoms. The number of aliphatic hydroxyl groups excluding tert-OH is 2. The number of rotatable bonds is 11. The summed E-state index contributed by atoms with van der Waals surface area (Å²) >= 11 is 0. The van der Waals surface area contributed by atoms with E-state index in [1.165, 1.54) is 0 Å². The van der Waals surface area contributed by atoms with Crippen molar-refractivity contribution in [1.82, 2.24) is 14.7 Å². The number of sulfonamides is 1. The van der Waals surface area contributed by atoms with E-state index >= 15 is 0 Å². The lowest BCUT2D eigenvalue weighted by Crippen LogP contribution is -2.32. The van der Waals surface area contributed by atoms with Gasteiger partial charge in [-0.1, -0.05) is 48.5 Å². The van der Waals surface area contributed by atoms with Gasteiger partial charge in [-0.2, -0.15) is 4.98 Å². The van der Waals surface area contributed by atoms with E-state index in [2.05, 4.69) is 25.3 Å². The summed E-state index contributed by atoms with van der Waals surface area (Å²) < 4.78 is 29.0. The number of anilines is 2. The normalized spacial score (nSPS) is 18.0. The average molecular weight is 550 g/mol. The van der Waals surface area contributed by atoms with Crippen LogP contribution in [0.5, 0.6) is 0 Å². The van der Waals surface area contributed by atoms with Crippen molar-refractivity contribution in [2.75, 3.05) is 36.9 Å². The molecule has 206 valence electrons. The Morgan fingerprint density at radius 1 is 0.795 bits per heavy atom. The first-order valence-corrected chi connectivity index (χ1v) is 14.9. The minimum absolute atomic E-state index is 0.209. The van der Waals surface area contributed by atoms with Gasteiger partial charge >= 0.3 is 0 Å². The second kappa shape index (κ2) is 12.3. The molecule has 0 saturated heterocycles. The Balaban J connectivity index is 1.16. The van der Waals surface area contributed by atoms with E-state index in [4.69, 9.17) is 0 Å². The fraction of sp³-hybridized carbons (Fsp3) is 0.379. The molecular weight excluding hydrogens is 514 g/mol. The molecule has 0 aliphatic heterocycles. The van der Waals surface area contributed by atoms with E-state index < -0.39 is 16.1 Å². The van der Waals surface area contributed by atoms with Crippen molar-refractivity contribution in [3.8, 4) is 0 Å². The van der Waals surface area contributed by atoms with E-state index in [9.17, 15) is 18.6 Å². The van der Waals surface area contributed by atoms with Crippen molar-refractivity contribution in [2.45, 2.75) is 36.6 Å². The molecule has 0 unspecified atom stereocenters. The molecule has 4 aromatic rings. The lowest BCUT2D eigenvalue weighted by molar-refractivity contribution is 0.203. The lowest BCUT2D eigenvalue weighted by atomic mass is 9.82. The third-order valence-corrected chi connectivity index (χ3v) is 8.98. The molecule has 0 atom stereocenters. The largest absolute Gasteiger partial charge is 0.394 e. The average Bonchev–Trinajstić information content (AvgIpc) is 2.98. The van der Waals surface area contributed by atoms with Crippen LogP contribution in [0.25, 0.3) is 21.7 Å². The van der Waals surface area contributed by atoms with Crippen molar-refractivity contribution >= 4 is 43.5 Å². The number of hydrogen-bond donors (Lipinski definition) is 5. The van der Waals surface area contributed by atoms with Crippen LogP contribution in [0, 0.1) is 11.8 Å². The number of nitrogens with one attached hydrogen (secondary N) is 3. The number of aromatic nitrogens is 2. The maximum absolute atomic E-state index is 13.1. The molecule has 0 radical (unpaired) electrons. The molecule has 1 aromatic heterocycles. The van der Waals surface area contributed by atoms with Crippen LogP contribution >= 0.6 is 0 Å². The third-order valence-electron chi connectivity index (χ3n) is 7.50. The van der Waals surface area contributed by atoms with Crippen LogP contribution in [0.1, 0.15) is 25.7 Å². The van der Waals surface area contributed by atoms with E-state index in [0.29, 0.717) is 35.0 Å². The summed E-state index contributed by atoms with van der Waals surface area (Å²) in [5.41, 5.74) is 0.773. The van der Waals surface area contributed by atoms with Gasteiger partial charge < -0.3 is 20.8 Å². The zero-order chi connectivity index (χ0) is 27.2. The van der Waals surface area contributed by atoms with Gasteiger partial charge in [0.15, 0.2) is 0 Å². The zero-order valence-corrected chi connectivity index (χ0v) is 22.6. The maximum Gasteiger partial charge on any atom is 0.241 e. The fourth-order valence-electron chi connectivity index (χ4n) is 5.22. The molecule has 5 N–H and O–H groups in total. The minimum atomic E-state index is -3.60. The molecule has 5 rings (SSSR count). The first kappa shape index (κ1) is 27.3. The Kier molecular flexibility index (Phi) is 8.56. The van der Waals surface area contributed by atoms with Gasteiger partial charge in [-0.05, 0) is 61.1 Å². The van der Waals surface area contributed by atoms with Crippen molar-refractivity contribution < 1.29 is 18.6 Å². The van der Waals surface area contributed by atoms with E-state index in [1.54, 1.807) is 12.1 Å². The van der Waals surface area contributed by atoms with Gasteiger partial charge in [0.1, 0.15) is 5.82 Å². The molecule has 39 heavy (non-hydrogen) atoms. The van der Waals surface area contributed by atoms with Gasteiger partial charge in [-0.15, -0.1) is 0 Å². The van der Waals surface area contributed by atoms with E-state index in [0.717, 1.165) is 53.9 Å². The molecule has 1 aliphatic rings. The highest BCUT2D eigenvalue weighted by molar-refractivity contribution is 7.89. The third kappa shape index (κ3) is 6.47. The number of fused-ring (bicyclic) bond motifs is 2. The van der Waals surface area contributed by atoms with E-state index in [1.807, 2.05) is 54.6 Å². The fourth-order valence-corrected chi connectivity index (χ4v) is 6.56. The van der Waals surface area contributed by atoms with Crippen LogP contribution in [0.15, 0.2) is 71.6 Å². The number of para-hydroxylation sites is 1. The van der Waals surface area contributed by atoms with Crippen LogP contribution in [0.3, 0.4) is 0 Å². The first-order chi connectivity index (χ1) is 19.0. The van der Waals surface area contributed by atoms with Crippen molar-refractivity contribution in [3.05, 3.63) is 66.7 Å². The molecule has 0 amide bonds. The van der Waals surface area contributed by atoms with Gasteiger partial charge in [0.05, 0.1) is 29.7 Å². The molecule has 0 spiro atoms. The highest BCUT2D eigenvalue weighted by Crippen LogP contribution is 2.30. The van der Waals surface area contributed by atoms with E-state index in [-0.39, 0.29) is 13.2 Å². The van der Waals surface area contributed by atoms with Gasteiger partial charge in [0.25, 0.3) is 0 Å². The number of benzene rings is 3. The molecule has 1 heterocycles. The zero-order valence-electron chi connectivity index (χ0n) is 21.8. The predicted octanol–water partition coefficient (Wildman–Crippen LogP) is 3.74. The Morgan fingerprint density at radius 3 is 2.18 bits per heavy atom.